The molecule has 0 amide bonds. The lowest BCUT2D eigenvalue weighted by molar-refractivity contribution is 0.158. The maximum absolute atomic E-state index is 6.02. The molecule has 3 heteroatoms. The first-order valence-corrected chi connectivity index (χ1v) is 6.42. The Labute approximate surface area is 102 Å². The largest absolute Gasteiger partial charge is 0.327 e. The lowest BCUT2D eigenvalue weighted by Crippen LogP contribution is -2.44. The third kappa shape index (κ3) is 6.46. The number of nitrogens with zero attached hydrogens (tertiary/aromatic N) is 2. The molecule has 1 atom stereocenters. The summed E-state index contributed by atoms with van der Waals surface area (Å²) < 4.78 is 0. The molecule has 0 aromatic carbocycles. The van der Waals surface area contributed by atoms with Gasteiger partial charge in [0.1, 0.15) is 0 Å². The van der Waals surface area contributed by atoms with E-state index in [-0.39, 0.29) is 11.5 Å². The molecule has 0 aliphatic rings. The predicted molar refractivity (Wildman–Crippen MR) is 72.7 cm³/mol. The fourth-order valence-electron chi connectivity index (χ4n) is 1.68. The summed E-state index contributed by atoms with van der Waals surface area (Å²) in [6.45, 7) is 13.4. The Bertz CT molecular complexity index is 176. The minimum absolute atomic E-state index is 0.203. The van der Waals surface area contributed by atoms with Gasteiger partial charge in [0, 0.05) is 12.6 Å². The SMILES string of the molecule is CCN(CCCN(C)C)CC(C)(C)C(C)N. The second kappa shape index (κ2) is 7.25. The molecule has 0 heterocycles. The average molecular weight is 229 g/mol. The molecule has 98 valence electrons. The molecule has 0 fully saturated rings. The fraction of sp³-hybridized carbons (Fsp3) is 1.00. The molecule has 0 radical (unpaired) electrons. The number of nitrogens with two attached hydrogens (primary N) is 1. The number of hydrogen-bond acceptors (Lipinski definition) is 3. The van der Waals surface area contributed by atoms with Crippen LogP contribution in [0.15, 0.2) is 0 Å². The third-order valence-corrected chi connectivity index (χ3v) is 3.39. The summed E-state index contributed by atoms with van der Waals surface area (Å²) in [5, 5.41) is 0. The summed E-state index contributed by atoms with van der Waals surface area (Å²) in [6.07, 6.45) is 1.23. The zero-order chi connectivity index (χ0) is 12.8. The first-order chi connectivity index (χ1) is 7.29. The Hall–Kier alpha value is -0.120. The van der Waals surface area contributed by atoms with Gasteiger partial charge in [0.2, 0.25) is 0 Å². The lowest BCUT2D eigenvalue weighted by Gasteiger charge is -2.35. The third-order valence-electron chi connectivity index (χ3n) is 3.39. The van der Waals surface area contributed by atoms with Crippen molar-refractivity contribution in [1.82, 2.24) is 9.80 Å². The number of rotatable bonds is 8. The van der Waals surface area contributed by atoms with Crippen LogP contribution >= 0.6 is 0 Å². The van der Waals surface area contributed by atoms with Gasteiger partial charge in [-0.05, 0) is 52.5 Å². The first-order valence-electron chi connectivity index (χ1n) is 6.42. The molecule has 16 heavy (non-hydrogen) atoms. The van der Waals surface area contributed by atoms with Crippen molar-refractivity contribution < 1.29 is 0 Å². The quantitative estimate of drug-likeness (QED) is 0.687. The highest BCUT2D eigenvalue weighted by atomic mass is 15.1. The van der Waals surface area contributed by atoms with Crippen molar-refractivity contribution in [2.45, 2.75) is 40.2 Å². The molecule has 0 aromatic rings. The van der Waals surface area contributed by atoms with Crippen molar-refractivity contribution >= 4 is 0 Å². The van der Waals surface area contributed by atoms with Crippen LogP contribution in [0.5, 0.6) is 0 Å². The molecular weight excluding hydrogens is 198 g/mol. The summed E-state index contributed by atoms with van der Waals surface area (Å²) in [4.78, 5) is 4.75. The van der Waals surface area contributed by atoms with Crippen LogP contribution in [0, 0.1) is 5.41 Å². The highest BCUT2D eigenvalue weighted by Gasteiger charge is 2.25. The molecule has 1 unspecified atom stereocenters. The second-order valence-corrected chi connectivity index (χ2v) is 5.80. The Balaban J connectivity index is 4.00. The Morgan fingerprint density at radius 2 is 1.75 bits per heavy atom. The van der Waals surface area contributed by atoms with Crippen LogP contribution in [-0.4, -0.2) is 56.1 Å². The zero-order valence-corrected chi connectivity index (χ0v) is 12.1. The van der Waals surface area contributed by atoms with E-state index in [1.807, 2.05) is 0 Å². The summed E-state index contributed by atoms with van der Waals surface area (Å²) in [6, 6.07) is 0.246. The molecule has 0 rings (SSSR count). The molecule has 2 N–H and O–H groups in total. The van der Waals surface area contributed by atoms with Gasteiger partial charge in [-0.15, -0.1) is 0 Å². The van der Waals surface area contributed by atoms with Crippen molar-refractivity contribution in [2.75, 3.05) is 40.3 Å². The van der Waals surface area contributed by atoms with Gasteiger partial charge in [-0.1, -0.05) is 20.8 Å². The highest BCUT2D eigenvalue weighted by Crippen LogP contribution is 2.20. The molecular formula is C13H31N3. The molecule has 0 aliphatic carbocycles. The van der Waals surface area contributed by atoms with Gasteiger partial charge in [0.25, 0.3) is 0 Å². The van der Waals surface area contributed by atoms with E-state index in [0.717, 1.165) is 19.6 Å². The van der Waals surface area contributed by atoms with Crippen LogP contribution in [0.25, 0.3) is 0 Å². The van der Waals surface area contributed by atoms with E-state index >= 15 is 0 Å². The van der Waals surface area contributed by atoms with Gasteiger partial charge < -0.3 is 15.5 Å². The highest BCUT2D eigenvalue weighted by molar-refractivity contribution is 4.81. The monoisotopic (exact) mass is 229 g/mol. The van der Waals surface area contributed by atoms with E-state index in [1.165, 1.54) is 13.0 Å². The van der Waals surface area contributed by atoms with E-state index in [1.54, 1.807) is 0 Å². The molecule has 0 saturated heterocycles. The van der Waals surface area contributed by atoms with Crippen molar-refractivity contribution in [1.29, 1.82) is 0 Å². The predicted octanol–water partition coefficient (Wildman–Crippen LogP) is 1.63. The maximum Gasteiger partial charge on any atom is 0.00739 e. The zero-order valence-electron chi connectivity index (χ0n) is 12.1. The van der Waals surface area contributed by atoms with Crippen molar-refractivity contribution in [3.63, 3.8) is 0 Å². The maximum atomic E-state index is 6.02. The molecule has 0 spiro atoms. The molecule has 0 aliphatic heterocycles. The Morgan fingerprint density at radius 1 is 1.19 bits per heavy atom. The van der Waals surface area contributed by atoms with E-state index in [9.17, 15) is 0 Å². The van der Waals surface area contributed by atoms with Gasteiger partial charge in [0.05, 0.1) is 0 Å². The van der Waals surface area contributed by atoms with Gasteiger partial charge in [-0.3, -0.25) is 0 Å². The minimum Gasteiger partial charge on any atom is -0.327 e. The standard InChI is InChI=1S/C13H31N3/c1-7-16(10-8-9-15(5)6)11-13(3,4)12(2)14/h12H,7-11,14H2,1-6H3. The van der Waals surface area contributed by atoms with Gasteiger partial charge in [-0.25, -0.2) is 0 Å². The van der Waals surface area contributed by atoms with E-state index in [4.69, 9.17) is 5.73 Å². The lowest BCUT2D eigenvalue weighted by atomic mass is 9.85. The summed E-state index contributed by atoms with van der Waals surface area (Å²) in [7, 11) is 4.25. The molecule has 0 saturated carbocycles. The molecule has 0 aromatic heterocycles. The van der Waals surface area contributed by atoms with Crippen LogP contribution in [-0.2, 0) is 0 Å². The Morgan fingerprint density at radius 3 is 2.12 bits per heavy atom. The fourth-order valence-corrected chi connectivity index (χ4v) is 1.68. The van der Waals surface area contributed by atoms with Crippen molar-refractivity contribution in [3.05, 3.63) is 0 Å². The van der Waals surface area contributed by atoms with Crippen LogP contribution in [0.3, 0.4) is 0 Å². The normalized spacial score (nSPS) is 14.8. The minimum atomic E-state index is 0.203. The topological polar surface area (TPSA) is 32.5 Å². The Kier molecular flexibility index (Phi) is 7.20. The number of hydrogen-bond donors (Lipinski definition) is 1. The van der Waals surface area contributed by atoms with Gasteiger partial charge >= 0.3 is 0 Å². The van der Waals surface area contributed by atoms with Gasteiger partial charge in [0.15, 0.2) is 0 Å². The van der Waals surface area contributed by atoms with E-state index in [0.29, 0.717) is 0 Å². The summed E-state index contributed by atoms with van der Waals surface area (Å²) in [5.74, 6) is 0. The van der Waals surface area contributed by atoms with Crippen molar-refractivity contribution in [2.24, 2.45) is 11.1 Å². The average Bonchev–Trinajstić information content (AvgIpc) is 2.15. The molecule has 0 bridgehead atoms. The van der Waals surface area contributed by atoms with Crippen LogP contribution < -0.4 is 5.73 Å². The van der Waals surface area contributed by atoms with Crippen LogP contribution in [0.1, 0.15) is 34.1 Å². The smallest absolute Gasteiger partial charge is 0.00739 e. The van der Waals surface area contributed by atoms with Gasteiger partial charge in [-0.2, -0.15) is 0 Å². The van der Waals surface area contributed by atoms with E-state index < -0.39 is 0 Å². The van der Waals surface area contributed by atoms with E-state index in [2.05, 4.69) is 51.6 Å². The van der Waals surface area contributed by atoms with Crippen LogP contribution in [0.4, 0.5) is 0 Å². The summed E-state index contributed by atoms with van der Waals surface area (Å²) >= 11 is 0. The molecule has 3 nitrogen and oxygen atoms in total. The summed E-state index contributed by atoms with van der Waals surface area (Å²) in [5.41, 5.74) is 6.22. The van der Waals surface area contributed by atoms with Crippen LogP contribution in [0.2, 0.25) is 0 Å². The second-order valence-electron chi connectivity index (χ2n) is 5.80. The van der Waals surface area contributed by atoms with Crippen molar-refractivity contribution in [3.8, 4) is 0 Å². The first kappa shape index (κ1) is 15.9.